The Morgan fingerprint density at radius 2 is 2.11 bits per heavy atom. The van der Waals surface area contributed by atoms with Crippen LogP contribution in [0.2, 0.25) is 0 Å². The van der Waals surface area contributed by atoms with Gasteiger partial charge in [0, 0.05) is 24.2 Å². The Hall–Kier alpha value is -1.88. The average molecular weight is 260 g/mol. The molecule has 0 spiro atoms. The first-order valence-corrected chi connectivity index (χ1v) is 6.66. The maximum Gasteiger partial charge on any atom is 0.213 e. The topological polar surface area (TPSA) is 76.8 Å². The van der Waals surface area contributed by atoms with Crippen LogP contribution in [0.4, 0.5) is 0 Å². The highest BCUT2D eigenvalue weighted by atomic mass is 16.5. The molecule has 2 rings (SSSR count). The van der Waals surface area contributed by atoms with E-state index in [1.54, 1.807) is 6.20 Å². The van der Waals surface area contributed by atoms with Crippen LogP contribution in [0.15, 0.2) is 24.5 Å². The van der Waals surface area contributed by atoms with Gasteiger partial charge >= 0.3 is 0 Å². The molecule has 3 N–H and O–H groups in total. The van der Waals surface area contributed by atoms with Crippen LogP contribution >= 0.6 is 0 Å². The second-order valence-corrected chi connectivity index (χ2v) is 4.31. The third-order valence-corrected chi connectivity index (χ3v) is 2.84. The molecule has 0 aliphatic carbocycles. The maximum absolute atomic E-state index is 5.48. The first-order valence-electron chi connectivity index (χ1n) is 6.66. The first-order chi connectivity index (χ1) is 9.33. The summed E-state index contributed by atoms with van der Waals surface area (Å²) >= 11 is 0. The fourth-order valence-electron chi connectivity index (χ4n) is 1.85. The van der Waals surface area contributed by atoms with Gasteiger partial charge in [-0.1, -0.05) is 0 Å². The van der Waals surface area contributed by atoms with Gasteiger partial charge in [-0.15, -0.1) is 0 Å². The van der Waals surface area contributed by atoms with Gasteiger partial charge in [-0.05, 0) is 32.4 Å². The van der Waals surface area contributed by atoms with Gasteiger partial charge in [-0.25, -0.2) is 9.97 Å². The van der Waals surface area contributed by atoms with Gasteiger partial charge in [0.2, 0.25) is 5.88 Å². The number of hydrogen-bond acceptors (Lipinski definition) is 4. The van der Waals surface area contributed by atoms with Crippen LogP contribution in [0.5, 0.6) is 5.88 Å². The zero-order valence-electron chi connectivity index (χ0n) is 11.2. The van der Waals surface area contributed by atoms with E-state index in [2.05, 4.69) is 15.0 Å². The summed E-state index contributed by atoms with van der Waals surface area (Å²) in [4.78, 5) is 11.9. The molecule has 0 aliphatic rings. The normalized spacial score (nSPS) is 10.6. The van der Waals surface area contributed by atoms with Crippen LogP contribution in [0.25, 0.3) is 11.3 Å². The van der Waals surface area contributed by atoms with Crippen LogP contribution in [0, 0.1) is 0 Å². The van der Waals surface area contributed by atoms with E-state index in [0.717, 1.165) is 42.9 Å². The number of rotatable bonds is 7. The molecule has 0 saturated heterocycles. The van der Waals surface area contributed by atoms with Crippen molar-refractivity contribution in [2.75, 3.05) is 13.2 Å². The Kier molecular flexibility index (Phi) is 4.92. The predicted octanol–water partition coefficient (Wildman–Crippen LogP) is 2.15. The molecule has 5 heteroatoms. The zero-order valence-corrected chi connectivity index (χ0v) is 11.2. The number of aromatic amines is 1. The molecule has 2 heterocycles. The predicted molar refractivity (Wildman–Crippen MR) is 75.0 cm³/mol. The van der Waals surface area contributed by atoms with Gasteiger partial charge in [-0.3, -0.25) is 0 Å². The molecule has 2 aromatic rings. The van der Waals surface area contributed by atoms with Crippen molar-refractivity contribution in [3.63, 3.8) is 0 Å². The number of unbranched alkanes of at least 4 members (excludes halogenated alkanes) is 1. The van der Waals surface area contributed by atoms with E-state index in [0.29, 0.717) is 12.5 Å². The Bertz CT molecular complexity index is 492. The molecule has 0 saturated carbocycles. The van der Waals surface area contributed by atoms with Crippen molar-refractivity contribution >= 4 is 0 Å². The summed E-state index contributed by atoms with van der Waals surface area (Å²) in [6, 6.07) is 3.85. The van der Waals surface area contributed by atoms with E-state index in [1.807, 2.05) is 25.3 Å². The lowest BCUT2D eigenvalue weighted by atomic mass is 10.2. The molecule has 0 atom stereocenters. The summed E-state index contributed by atoms with van der Waals surface area (Å²) in [5, 5.41) is 0. The van der Waals surface area contributed by atoms with E-state index in [-0.39, 0.29) is 0 Å². The summed E-state index contributed by atoms with van der Waals surface area (Å²) in [5.41, 5.74) is 7.48. The minimum absolute atomic E-state index is 0.627. The van der Waals surface area contributed by atoms with Crippen molar-refractivity contribution < 1.29 is 4.74 Å². The summed E-state index contributed by atoms with van der Waals surface area (Å²) in [6.45, 7) is 3.30. The highest BCUT2D eigenvalue weighted by Gasteiger charge is 2.04. The number of nitrogens with two attached hydrogens (primary N) is 1. The summed E-state index contributed by atoms with van der Waals surface area (Å²) in [5.74, 6) is 1.64. The third kappa shape index (κ3) is 3.79. The van der Waals surface area contributed by atoms with Gasteiger partial charge < -0.3 is 15.5 Å². The highest BCUT2D eigenvalue weighted by Crippen LogP contribution is 2.18. The van der Waals surface area contributed by atoms with Gasteiger partial charge in [0.15, 0.2) is 0 Å². The largest absolute Gasteiger partial charge is 0.478 e. The fourth-order valence-corrected chi connectivity index (χ4v) is 1.85. The Labute approximate surface area is 113 Å². The maximum atomic E-state index is 5.48. The van der Waals surface area contributed by atoms with Crippen molar-refractivity contribution in [3.8, 4) is 17.1 Å². The molecule has 0 aliphatic heterocycles. The molecule has 0 unspecified atom stereocenters. The number of pyridine rings is 1. The van der Waals surface area contributed by atoms with Crippen molar-refractivity contribution in [1.29, 1.82) is 0 Å². The zero-order chi connectivity index (χ0) is 13.5. The SMILES string of the molecule is CCOc1ccc(-c2cnc(CCCCN)[nH]2)cn1. The van der Waals surface area contributed by atoms with E-state index in [1.165, 1.54) is 0 Å². The fraction of sp³-hybridized carbons (Fsp3) is 0.429. The molecular formula is C14H20N4O. The van der Waals surface area contributed by atoms with E-state index >= 15 is 0 Å². The third-order valence-electron chi connectivity index (χ3n) is 2.84. The van der Waals surface area contributed by atoms with Crippen LogP contribution < -0.4 is 10.5 Å². The van der Waals surface area contributed by atoms with E-state index in [9.17, 15) is 0 Å². The van der Waals surface area contributed by atoms with Crippen LogP contribution in [0.1, 0.15) is 25.6 Å². The average Bonchev–Trinajstić information content (AvgIpc) is 2.89. The molecule has 0 aromatic carbocycles. The number of ether oxygens (including phenoxy) is 1. The van der Waals surface area contributed by atoms with Gasteiger partial charge in [0.1, 0.15) is 5.82 Å². The molecule has 0 radical (unpaired) electrons. The van der Waals surface area contributed by atoms with Gasteiger partial charge in [-0.2, -0.15) is 0 Å². The lowest BCUT2D eigenvalue weighted by molar-refractivity contribution is 0.327. The number of imidazole rings is 1. The number of hydrogen-bond donors (Lipinski definition) is 2. The van der Waals surface area contributed by atoms with Crippen molar-refractivity contribution in [2.45, 2.75) is 26.2 Å². The molecule has 102 valence electrons. The molecule has 0 fully saturated rings. The summed E-state index contributed by atoms with van der Waals surface area (Å²) < 4.78 is 5.32. The number of nitrogens with zero attached hydrogens (tertiary/aromatic N) is 2. The Morgan fingerprint density at radius 1 is 1.21 bits per heavy atom. The number of nitrogens with one attached hydrogen (secondary N) is 1. The lowest BCUT2D eigenvalue weighted by Gasteiger charge is -2.02. The van der Waals surface area contributed by atoms with E-state index < -0.39 is 0 Å². The Morgan fingerprint density at radius 3 is 2.79 bits per heavy atom. The van der Waals surface area contributed by atoms with Crippen LogP contribution in [-0.2, 0) is 6.42 Å². The standard InChI is InChI=1S/C14H20N4O/c1-2-19-14-7-6-11(9-17-14)12-10-16-13(18-12)5-3-4-8-15/h6-7,9-10H,2-5,8,15H2,1H3,(H,16,18). The van der Waals surface area contributed by atoms with Gasteiger partial charge in [0.25, 0.3) is 0 Å². The first kappa shape index (κ1) is 13.5. The minimum Gasteiger partial charge on any atom is -0.478 e. The number of aryl methyl sites for hydroxylation is 1. The second kappa shape index (κ2) is 6.89. The van der Waals surface area contributed by atoms with Crippen molar-refractivity contribution in [2.24, 2.45) is 5.73 Å². The van der Waals surface area contributed by atoms with Crippen LogP contribution in [0.3, 0.4) is 0 Å². The van der Waals surface area contributed by atoms with Crippen molar-refractivity contribution in [3.05, 3.63) is 30.4 Å². The van der Waals surface area contributed by atoms with Gasteiger partial charge in [0.05, 0.1) is 18.5 Å². The second-order valence-electron chi connectivity index (χ2n) is 4.31. The monoisotopic (exact) mass is 260 g/mol. The molecule has 0 amide bonds. The molecule has 0 bridgehead atoms. The van der Waals surface area contributed by atoms with E-state index in [4.69, 9.17) is 10.5 Å². The summed E-state index contributed by atoms with van der Waals surface area (Å²) in [7, 11) is 0. The highest BCUT2D eigenvalue weighted by molar-refractivity contribution is 5.57. The van der Waals surface area contributed by atoms with Crippen molar-refractivity contribution in [1.82, 2.24) is 15.0 Å². The molecule has 19 heavy (non-hydrogen) atoms. The molecule has 2 aromatic heterocycles. The smallest absolute Gasteiger partial charge is 0.213 e. The Balaban J connectivity index is 2.01. The summed E-state index contributed by atoms with van der Waals surface area (Å²) in [6.07, 6.45) is 6.66. The van der Waals surface area contributed by atoms with Crippen LogP contribution in [-0.4, -0.2) is 28.1 Å². The minimum atomic E-state index is 0.627. The molecule has 5 nitrogen and oxygen atoms in total. The number of aromatic nitrogens is 3. The quantitative estimate of drug-likeness (QED) is 0.748. The number of H-pyrrole nitrogens is 1. The molecular weight excluding hydrogens is 240 g/mol. The lowest BCUT2D eigenvalue weighted by Crippen LogP contribution is -1.99.